The van der Waals surface area contributed by atoms with Crippen LogP contribution >= 0.6 is 0 Å². The Morgan fingerprint density at radius 2 is 1.42 bits per heavy atom. The van der Waals surface area contributed by atoms with Crippen LogP contribution in [-0.2, 0) is 0 Å². The van der Waals surface area contributed by atoms with Gasteiger partial charge in [0.25, 0.3) is 5.56 Å². The number of nitrogens with zero attached hydrogens (tertiary/aromatic N) is 1. The monoisotopic (exact) mass is 311 g/mol. The third-order valence-electron chi connectivity index (χ3n) is 4.34. The van der Waals surface area contributed by atoms with E-state index < -0.39 is 0 Å². The minimum Gasteiger partial charge on any atom is -0.276 e. The van der Waals surface area contributed by atoms with Crippen molar-refractivity contribution in [1.82, 2.24) is 4.57 Å². The highest BCUT2D eigenvalue weighted by molar-refractivity contribution is 5.88. The summed E-state index contributed by atoms with van der Waals surface area (Å²) < 4.78 is 1.81. The molecule has 2 nitrogen and oxygen atoms in total. The summed E-state index contributed by atoms with van der Waals surface area (Å²) in [7, 11) is 0. The molecule has 2 heteroatoms. The zero-order valence-electron chi connectivity index (χ0n) is 13.4. The first-order chi connectivity index (χ1) is 11.8. The van der Waals surface area contributed by atoms with Gasteiger partial charge in [0.15, 0.2) is 0 Å². The summed E-state index contributed by atoms with van der Waals surface area (Å²) in [6.45, 7) is 1.99. The molecule has 0 unspecified atom stereocenters. The molecule has 3 aromatic carbocycles. The highest BCUT2D eigenvalue weighted by Crippen LogP contribution is 2.26. The van der Waals surface area contributed by atoms with E-state index in [0.717, 1.165) is 33.3 Å². The molecule has 0 aliphatic carbocycles. The lowest BCUT2D eigenvalue weighted by atomic mass is 10.0. The lowest BCUT2D eigenvalue weighted by Crippen LogP contribution is -2.21. The van der Waals surface area contributed by atoms with Crippen molar-refractivity contribution in [3.8, 4) is 16.9 Å². The molecule has 1 aromatic heterocycles. The third kappa shape index (κ3) is 2.33. The van der Waals surface area contributed by atoms with Crippen molar-refractivity contribution >= 4 is 10.8 Å². The predicted octanol–water partition coefficient (Wildman–Crippen LogP) is 4.97. The number of fused-ring (bicyclic) bond motifs is 1. The molecule has 1 heterocycles. The summed E-state index contributed by atoms with van der Waals surface area (Å²) in [5, 5.41) is 1.76. The molecule has 4 rings (SSSR count). The Morgan fingerprint density at radius 1 is 0.750 bits per heavy atom. The van der Waals surface area contributed by atoms with Crippen molar-refractivity contribution in [1.29, 1.82) is 0 Å². The van der Waals surface area contributed by atoms with E-state index in [2.05, 4.69) is 6.07 Å². The molecule has 4 aromatic rings. The molecule has 0 amide bonds. The Labute approximate surface area is 140 Å². The van der Waals surface area contributed by atoms with E-state index in [0.29, 0.717) is 0 Å². The molecule has 0 bridgehead atoms. The summed E-state index contributed by atoms with van der Waals surface area (Å²) in [6, 6.07) is 28.0. The number of aryl methyl sites for hydroxylation is 1. The predicted molar refractivity (Wildman–Crippen MR) is 99.7 cm³/mol. The van der Waals surface area contributed by atoms with Gasteiger partial charge in [-0.2, -0.15) is 0 Å². The molecular formula is C22H17NO. The minimum absolute atomic E-state index is 0.0238. The summed E-state index contributed by atoms with van der Waals surface area (Å²) in [5.74, 6) is 0. The standard InChI is InChI=1S/C22H17NO/c1-16-9-8-12-18-15-20(17-10-4-2-5-11-17)23(22(24)21(16)18)19-13-6-3-7-14-19/h2-15H,1H3. The van der Waals surface area contributed by atoms with Crippen LogP contribution in [0.25, 0.3) is 27.7 Å². The van der Waals surface area contributed by atoms with Gasteiger partial charge in [-0.3, -0.25) is 9.36 Å². The normalized spacial score (nSPS) is 10.9. The van der Waals surface area contributed by atoms with E-state index in [4.69, 9.17) is 0 Å². The average molecular weight is 311 g/mol. The fraction of sp³-hybridized carbons (Fsp3) is 0.0455. The zero-order chi connectivity index (χ0) is 16.5. The van der Waals surface area contributed by atoms with Gasteiger partial charge in [0, 0.05) is 5.69 Å². The maximum absolute atomic E-state index is 13.3. The number of para-hydroxylation sites is 1. The van der Waals surface area contributed by atoms with E-state index in [1.807, 2.05) is 90.4 Å². The van der Waals surface area contributed by atoms with Gasteiger partial charge in [-0.15, -0.1) is 0 Å². The topological polar surface area (TPSA) is 22.0 Å². The van der Waals surface area contributed by atoms with Gasteiger partial charge in [-0.05, 0) is 41.6 Å². The summed E-state index contributed by atoms with van der Waals surface area (Å²) in [5.41, 5.74) is 3.84. The second-order valence-electron chi connectivity index (χ2n) is 5.91. The third-order valence-corrected chi connectivity index (χ3v) is 4.34. The maximum Gasteiger partial charge on any atom is 0.263 e. The van der Waals surface area contributed by atoms with E-state index in [1.54, 1.807) is 0 Å². The molecule has 0 aliphatic rings. The van der Waals surface area contributed by atoms with E-state index in [9.17, 15) is 4.79 Å². The SMILES string of the molecule is Cc1cccc2cc(-c3ccccc3)n(-c3ccccc3)c(=O)c12. The summed E-state index contributed by atoms with van der Waals surface area (Å²) in [6.07, 6.45) is 0. The quantitative estimate of drug-likeness (QED) is 0.512. The van der Waals surface area contributed by atoms with Crippen LogP contribution in [-0.4, -0.2) is 4.57 Å². The van der Waals surface area contributed by atoms with Crippen LogP contribution in [0.5, 0.6) is 0 Å². The van der Waals surface area contributed by atoms with Crippen LogP contribution in [0.4, 0.5) is 0 Å². The van der Waals surface area contributed by atoms with Crippen molar-refractivity contribution < 1.29 is 0 Å². The highest BCUT2D eigenvalue weighted by Gasteiger charge is 2.13. The Balaban J connectivity index is 2.17. The number of benzene rings is 3. The molecule has 0 saturated carbocycles. The van der Waals surface area contributed by atoms with Gasteiger partial charge in [0.2, 0.25) is 0 Å². The molecule has 0 aliphatic heterocycles. The molecule has 0 saturated heterocycles. The zero-order valence-corrected chi connectivity index (χ0v) is 13.4. The largest absolute Gasteiger partial charge is 0.276 e. The second kappa shape index (κ2) is 5.82. The van der Waals surface area contributed by atoms with Crippen molar-refractivity contribution in [3.05, 3.63) is 101 Å². The van der Waals surface area contributed by atoms with Gasteiger partial charge < -0.3 is 0 Å². The van der Waals surface area contributed by atoms with Crippen molar-refractivity contribution in [2.24, 2.45) is 0 Å². The number of aromatic nitrogens is 1. The molecule has 116 valence electrons. The van der Waals surface area contributed by atoms with Crippen LogP contribution in [0, 0.1) is 6.92 Å². The highest BCUT2D eigenvalue weighted by atomic mass is 16.1. The Kier molecular flexibility index (Phi) is 3.51. The molecule has 0 spiro atoms. The van der Waals surface area contributed by atoms with Crippen molar-refractivity contribution in [2.45, 2.75) is 6.92 Å². The van der Waals surface area contributed by atoms with Crippen LogP contribution in [0.2, 0.25) is 0 Å². The number of hydrogen-bond acceptors (Lipinski definition) is 1. The number of rotatable bonds is 2. The lowest BCUT2D eigenvalue weighted by Gasteiger charge is -2.15. The van der Waals surface area contributed by atoms with Crippen molar-refractivity contribution in [2.75, 3.05) is 0 Å². The lowest BCUT2D eigenvalue weighted by molar-refractivity contribution is 1.02. The number of pyridine rings is 1. The van der Waals surface area contributed by atoms with Gasteiger partial charge in [0.1, 0.15) is 0 Å². The summed E-state index contributed by atoms with van der Waals surface area (Å²) >= 11 is 0. The van der Waals surface area contributed by atoms with Gasteiger partial charge >= 0.3 is 0 Å². The fourth-order valence-corrected chi connectivity index (χ4v) is 3.19. The first-order valence-electron chi connectivity index (χ1n) is 8.02. The first kappa shape index (κ1) is 14.5. The second-order valence-corrected chi connectivity index (χ2v) is 5.91. The molecular weight excluding hydrogens is 294 g/mol. The van der Waals surface area contributed by atoms with Crippen LogP contribution in [0.1, 0.15) is 5.56 Å². The van der Waals surface area contributed by atoms with Gasteiger partial charge in [0.05, 0.1) is 11.1 Å². The first-order valence-corrected chi connectivity index (χ1v) is 8.02. The fourth-order valence-electron chi connectivity index (χ4n) is 3.19. The van der Waals surface area contributed by atoms with E-state index in [-0.39, 0.29) is 5.56 Å². The Bertz CT molecular complexity index is 1060. The van der Waals surface area contributed by atoms with Crippen LogP contribution in [0.15, 0.2) is 89.7 Å². The molecule has 0 N–H and O–H groups in total. The van der Waals surface area contributed by atoms with Gasteiger partial charge in [-0.25, -0.2) is 0 Å². The minimum atomic E-state index is 0.0238. The van der Waals surface area contributed by atoms with E-state index in [1.165, 1.54) is 0 Å². The van der Waals surface area contributed by atoms with Crippen molar-refractivity contribution in [3.63, 3.8) is 0 Å². The molecule has 0 fully saturated rings. The Hall–Kier alpha value is -3.13. The summed E-state index contributed by atoms with van der Waals surface area (Å²) in [4.78, 5) is 13.3. The van der Waals surface area contributed by atoms with Crippen LogP contribution in [0.3, 0.4) is 0 Å². The van der Waals surface area contributed by atoms with E-state index >= 15 is 0 Å². The molecule has 0 atom stereocenters. The average Bonchev–Trinajstić information content (AvgIpc) is 2.63. The molecule has 0 radical (unpaired) electrons. The smallest absolute Gasteiger partial charge is 0.263 e. The number of hydrogen-bond donors (Lipinski definition) is 0. The van der Waals surface area contributed by atoms with Gasteiger partial charge in [-0.1, -0.05) is 66.7 Å². The molecule has 24 heavy (non-hydrogen) atoms. The maximum atomic E-state index is 13.3. The van der Waals surface area contributed by atoms with Crippen LogP contribution < -0.4 is 5.56 Å². The Morgan fingerprint density at radius 3 is 2.12 bits per heavy atom.